The van der Waals surface area contributed by atoms with Crippen molar-refractivity contribution < 1.29 is 23.6 Å². The first-order chi connectivity index (χ1) is 9.90. The molecular weight excluding hydrogens is 294 g/mol. The second-order valence-electron chi connectivity index (χ2n) is 6.03. The Morgan fingerprint density at radius 2 is 2.05 bits per heavy atom. The summed E-state index contributed by atoms with van der Waals surface area (Å²) in [6.45, 7) is 1.25. The molecule has 3 unspecified atom stereocenters. The van der Waals surface area contributed by atoms with E-state index in [1.165, 1.54) is 19.8 Å². The lowest BCUT2D eigenvalue weighted by molar-refractivity contribution is -0.140. The zero-order valence-corrected chi connectivity index (χ0v) is 13.1. The summed E-state index contributed by atoms with van der Waals surface area (Å²) in [5, 5.41) is 11.3. The van der Waals surface area contributed by atoms with Crippen molar-refractivity contribution in [3.05, 3.63) is 0 Å². The Kier molecular flexibility index (Phi) is 5.37. The van der Waals surface area contributed by atoms with Crippen LogP contribution in [0.5, 0.6) is 0 Å². The highest BCUT2D eigenvalue weighted by molar-refractivity contribution is 7.85. The van der Waals surface area contributed by atoms with Crippen molar-refractivity contribution in [2.75, 3.05) is 11.5 Å². The molecule has 0 aromatic heterocycles. The van der Waals surface area contributed by atoms with Gasteiger partial charge in [-0.05, 0) is 25.7 Å². The van der Waals surface area contributed by atoms with Gasteiger partial charge in [0.05, 0.1) is 17.5 Å². The number of carboxylic acids is 1. The number of amides is 1. The molecule has 2 fully saturated rings. The van der Waals surface area contributed by atoms with Gasteiger partial charge in [0.25, 0.3) is 0 Å². The van der Waals surface area contributed by atoms with Crippen molar-refractivity contribution in [1.29, 1.82) is 0 Å². The van der Waals surface area contributed by atoms with Crippen molar-refractivity contribution in [1.82, 2.24) is 5.32 Å². The van der Waals surface area contributed by atoms with Crippen molar-refractivity contribution in [2.24, 2.45) is 0 Å². The van der Waals surface area contributed by atoms with Crippen LogP contribution in [-0.2, 0) is 25.1 Å². The molecule has 21 heavy (non-hydrogen) atoms. The van der Waals surface area contributed by atoms with Crippen molar-refractivity contribution in [2.45, 2.75) is 63.2 Å². The van der Waals surface area contributed by atoms with E-state index in [0.29, 0.717) is 5.75 Å². The largest absolute Gasteiger partial charge is 0.480 e. The summed E-state index contributed by atoms with van der Waals surface area (Å²) in [4.78, 5) is 22.0. The normalized spacial score (nSPS) is 26.6. The number of ether oxygens (including phenoxy) is 1. The Morgan fingerprint density at radius 3 is 2.62 bits per heavy atom. The summed E-state index contributed by atoms with van der Waals surface area (Å²) >= 11 is 0. The molecule has 1 saturated heterocycles. The molecule has 0 bridgehead atoms. The zero-order chi connectivity index (χ0) is 15.5. The third-order valence-electron chi connectivity index (χ3n) is 4.25. The first-order valence-corrected chi connectivity index (χ1v) is 8.92. The molecule has 1 amide bonds. The zero-order valence-electron chi connectivity index (χ0n) is 12.3. The van der Waals surface area contributed by atoms with Gasteiger partial charge in [0.2, 0.25) is 5.91 Å². The van der Waals surface area contributed by atoms with Crippen LogP contribution in [0.1, 0.15) is 45.4 Å². The van der Waals surface area contributed by atoms with E-state index in [1.54, 1.807) is 0 Å². The third-order valence-corrected chi connectivity index (χ3v) is 5.70. The molecule has 7 heteroatoms. The lowest BCUT2D eigenvalue weighted by atomic mass is 9.98. The van der Waals surface area contributed by atoms with E-state index in [-0.39, 0.29) is 17.5 Å². The standard InChI is InChI=1S/C14H23NO5S/c1-10(16)15-12(13(17)18)9-21(19)8-11-4-7-14(20-11)5-2-3-6-14/h11-12H,2-9H2,1H3,(H,15,16)(H,17,18). The smallest absolute Gasteiger partial charge is 0.327 e. The van der Waals surface area contributed by atoms with Crippen LogP contribution in [0, 0.1) is 0 Å². The van der Waals surface area contributed by atoms with Crippen LogP contribution in [0.3, 0.4) is 0 Å². The van der Waals surface area contributed by atoms with Crippen LogP contribution < -0.4 is 5.32 Å². The Bertz CT molecular complexity index is 433. The fourth-order valence-corrected chi connectivity index (χ4v) is 4.66. The number of carbonyl (C=O) groups excluding carboxylic acids is 1. The second-order valence-corrected chi connectivity index (χ2v) is 7.58. The van der Waals surface area contributed by atoms with E-state index in [0.717, 1.165) is 25.7 Å². The highest BCUT2D eigenvalue weighted by atomic mass is 32.2. The lowest BCUT2D eigenvalue weighted by Crippen LogP contribution is -2.44. The van der Waals surface area contributed by atoms with Gasteiger partial charge in [-0.15, -0.1) is 0 Å². The Hall–Kier alpha value is -0.950. The molecule has 0 aromatic carbocycles. The summed E-state index contributed by atoms with van der Waals surface area (Å²) in [7, 11) is -1.31. The maximum atomic E-state index is 12.1. The Labute approximate surface area is 127 Å². The molecule has 120 valence electrons. The molecule has 0 radical (unpaired) electrons. The van der Waals surface area contributed by atoms with Crippen LogP contribution in [0.2, 0.25) is 0 Å². The second kappa shape index (κ2) is 6.87. The maximum absolute atomic E-state index is 12.1. The van der Waals surface area contributed by atoms with Gasteiger partial charge in [0.1, 0.15) is 6.04 Å². The first kappa shape index (κ1) is 16.4. The van der Waals surface area contributed by atoms with E-state index in [2.05, 4.69) is 5.32 Å². The average Bonchev–Trinajstić information content (AvgIpc) is 2.99. The molecule has 2 aliphatic rings. The van der Waals surface area contributed by atoms with Gasteiger partial charge >= 0.3 is 5.97 Å². The van der Waals surface area contributed by atoms with E-state index in [1.807, 2.05) is 0 Å². The van der Waals surface area contributed by atoms with Crippen molar-refractivity contribution >= 4 is 22.7 Å². The number of rotatable bonds is 6. The molecule has 3 atom stereocenters. The van der Waals surface area contributed by atoms with Crippen LogP contribution in [-0.4, -0.2) is 50.4 Å². The van der Waals surface area contributed by atoms with Gasteiger partial charge in [-0.2, -0.15) is 0 Å². The predicted octanol–water partition coefficient (Wildman–Crippen LogP) is 0.816. The number of carbonyl (C=O) groups is 2. The monoisotopic (exact) mass is 317 g/mol. The molecule has 2 N–H and O–H groups in total. The van der Waals surface area contributed by atoms with Crippen LogP contribution >= 0.6 is 0 Å². The summed E-state index contributed by atoms with van der Waals surface area (Å²) in [5.74, 6) is -1.30. The highest BCUT2D eigenvalue weighted by Gasteiger charge is 2.42. The van der Waals surface area contributed by atoms with Gasteiger partial charge in [0, 0.05) is 23.5 Å². The molecule has 2 rings (SSSR count). The van der Waals surface area contributed by atoms with Gasteiger partial charge in [-0.1, -0.05) is 12.8 Å². The Balaban J connectivity index is 1.81. The molecule has 1 spiro atoms. The summed E-state index contributed by atoms with van der Waals surface area (Å²) in [6, 6.07) is -1.09. The van der Waals surface area contributed by atoms with Crippen LogP contribution in [0.15, 0.2) is 0 Å². The topological polar surface area (TPSA) is 92.7 Å². The predicted molar refractivity (Wildman–Crippen MR) is 78.4 cm³/mol. The van der Waals surface area contributed by atoms with Crippen LogP contribution in [0.4, 0.5) is 0 Å². The van der Waals surface area contributed by atoms with E-state index >= 15 is 0 Å². The number of hydrogen-bond donors (Lipinski definition) is 2. The van der Waals surface area contributed by atoms with Gasteiger partial charge in [-0.25, -0.2) is 4.79 Å². The minimum Gasteiger partial charge on any atom is -0.480 e. The average molecular weight is 317 g/mol. The highest BCUT2D eigenvalue weighted by Crippen LogP contribution is 2.43. The van der Waals surface area contributed by atoms with Crippen molar-refractivity contribution in [3.8, 4) is 0 Å². The molecule has 1 saturated carbocycles. The number of nitrogens with one attached hydrogen (secondary N) is 1. The van der Waals surface area contributed by atoms with E-state index < -0.39 is 28.7 Å². The number of carboxylic acid groups (broad SMARTS) is 1. The summed E-state index contributed by atoms with van der Waals surface area (Å²) < 4.78 is 18.2. The molecule has 0 aromatic rings. The van der Waals surface area contributed by atoms with Crippen LogP contribution in [0.25, 0.3) is 0 Å². The molecule has 6 nitrogen and oxygen atoms in total. The Morgan fingerprint density at radius 1 is 1.38 bits per heavy atom. The minimum absolute atomic E-state index is 0.00129. The van der Waals surface area contributed by atoms with E-state index in [9.17, 15) is 13.8 Å². The first-order valence-electron chi connectivity index (χ1n) is 7.43. The molecule has 1 aliphatic heterocycles. The van der Waals surface area contributed by atoms with Crippen molar-refractivity contribution in [3.63, 3.8) is 0 Å². The minimum atomic E-state index is -1.31. The lowest BCUT2D eigenvalue weighted by Gasteiger charge is -2.23. The van der Waals surface area contributed by atoms with E-state index in [4.69, 9.17) is 9.84 Å². The fraction of sp³-hybridized carbons (Fsp3) is 0.857. The number of aliphatic carboxylic acids is 1. The molecule has 1 aliphatic carbocycles. The molecule has 1 heterocycles. The quantitative estimate of drug-likeness (QED) is 0.756. The third kappa shape index (κ3) is 4.51. The summed E-state index contributed by atoms with van der Waals surface area (Å²) in [6.07, 6.45) is 6.42. The molecular formula is C14H23NO5S. The van der Waals surface area contributed by atoms with Gasteiger partial charge < -0.3 is 15.2 Å². The summed E-state index contributed by atoms with van der Waals surface area (Å²) in [5.41, 5.74) is -0.00129. The van der Waals surface area contributed by atoms with Gasteiger partial charge in [-0.3, -0.25) is 9.00 Å². The fourth-order valence-electron chi connectivity index (χ4n) is 3.28. The maximum Gasteiger partial charge on any atom is 0.327 e. The van der Waals surface area contributed by atoms with Gasteiger partial charge in [0.15, 0.2) is 0 Å². The SMILES string of the molecule is CC(=O)NC(CS(=O)CC1CCC2(CCCC2)O1)C(=O)O. The number of hydrogen-bond acceptors (Lipinski definition) is 4.